The summed E-state index contributed by atoms with van der Waals surface area (Å²) in [6.45, 7) is 4.39. The lowest BCUT2D eigenvalue weighted by Gasteiger charge is -2.25. The largest absolute Gasteiger partial charge is 0.507 e. The van der Waals surface area contributed by atoms with E-state index < -0.39 is 17.7 Å². The van der Waals surface area contributed by atoms with Crippen LogP contribution in [0.5, 0.6) is 5.75 Å². The van der Waals surface area contributed by atoms with E-state index in [2.05, 4.69) is 6.58 Å². The second kappa shape index (κ2) is 9.61. The van der Waals surface area contributed by atoms with Gasteiger partial charge in [0.05, 0.1) is 18.2 Å². The van der Waals surface area contributed by atoms with Gasteiger partial charge in [-0.3, -0.25) is 9.59 Å². The molecule has 2 aromatic rings. The molecule has 1 aliphatic rings. The Morgan fingerprint density at radius 3 is 2.63 bits per heavy atom. The molecule has 6 nitrogen and oxygen atoms in total. The van der Waals surface area contributed by atoms with E-state index in [4.69, 9.17) is 21.1 Å². The number of aliphatic hydroxyl groups is 1. The highest BCUT2D eigenvalue weighted by Gasteiger charge is 2.45. The fraction of sp³-hybridized carbons (Fsp3) is 0.217. The van der Waals surface area contributed by atoms with E-state index in [0.717, 1.165) is 0 Å². The summed E-state index contributed by atoms with van der Waals surface area (Å²) in [5, 5.41) is 11.4. The van der Waals surface area contributed by atoms with Gasteiger partial charge in [-0.25, -0.2) is 0 Å². The van der Waals surface area contributed by atoms with Gasteiger partial charge in [0.15, 0.2) is 0 Å². The van der Waals surface area contributed by atoms with Crippen LogP contribution in [0.3, 0.4) is 0 Å². The van der Waals surface area contributed by atoms with Crippen molar-refractivity contribution < 1.29 is 24.2 Å². The van der Waals surface area contributed by atoms with Crippen molar-refractivity contribution in [2.24, 2.45) is 0 Å². The van der Waals surface area contributed by atoms with Crippen LogP contribution in [0.1, 0.15) is 17.2 Å². The molecule has 1 saturated heterocycles. The molecule has 0 spiro atoms. The summed E-state index contributed by atoms with van der Waals surface area (Å²) >= 11 is 5.93. The predicted octanol–water partition coefficient (Wildman–Crippen LogP) is 3.97. The molecule has 1 N–H and O–H groups in total. The Bertz CT molecular complexity index is 983. The predicted molar refractivity (Wildman–Crippen MR) is 114 cm³/mol. The highest BCUT2D eigenvalue weighted by molar-refractivity contribution is 6.46. The number of methoxy groups -OCH3 is 1. The standard InChI is InChI=1S/C23H22ClNO5/c1-3-12-30-18-6-4-5-16(14-18)20-19(21(26)15-7-9-17(24)10-8-15)22(27)23(28)25(20)11-13-29-2/h3-10,14,20,26H,1,11-13H2,2H3/b21-19-. The van der Waals surface area contributed by atoms with Crippen LogP contribution in [-0.4, -0.2) is 48.6 Å². The number of aliphatic hydroxyl groups excluding tert-OH is 1. The second-order valence-corrected chi connectivity index (χ2v) is 7.10. The third-order valence-corrected chi connectivity index (χ3v) is 4.99. The first-order chi connectivity index (χ1) is 14.5. The summed E-state index contributed by atoms with van der Waals surface area (Å²) in [7, 11) is 1.52. The topological polar surface area (TPSA) is 76.1 Å². The van der Waals surface area contributed by atoms with E-state index in [0.29, 0.717) is 28.5 Å². The molecule has 0 radical (unpaired) electrons. The number of rotatable bonds is 8. The number of ether oxygens (including phenoxy) is 2. The number of halogens is 1. The Morgan fingerprint density at radius 1 is 1.23 bits per heavy atom. The molecule has 1 heterocycles. The van der Waals surface area contributed by atoms with Gasteiger partial charge in [0, 0.05) is 24.2 Å². The van der Waals surface area contributed by atoms with Crippen LogP contribution < -0.4 is 4.74 Å². The van der Waals surface area contributed by atoms with Crippen LogP contribution in [0.2, 0.25) is 5.02 Å². The number of hydrogen-bond donors (Lipinski definition) is 1. The Balaban J connectivity index is 2.12. The molecule has 7 heteroatoms. The average Bonchev–Trinajstić information content (AvgIpc) is 3.01. The number of likely N-dealkylation sites (tertiary alicyclic amines) is 1. The van der Waals surface area contributed by atoms with Crippen molar-refractivity contribution in [1.82, 2.24) is 4.90 Å². The Morgan fingerprint density at radius 2 is 1.97 bits per heavy atom. The van der Waals surface area contributed by atoms with E-state index in [1.807, 2.05) is 0 Å². The first kappa shape index (κ1) is 21.6. The second-order valence-electron chi connectivity index (χ2n) is 6.66. The fourth-order valence-corrected chi connectivity index (χ4v) is 3.47. The van der Waals surface area contributed by atoms with Crippen LogP contribution in [-0.2, 0) is 14.3 Å². The minimum atomic E-state index is -0.775. The van der Waals surface area contributed by atoms with Gasteiger partial charge < -0.3 is 19.5 Å². The maximum absolute atomic E-state index is 12.9. The molecule has 0 saturated carbocycles. The van der Waals surface area contributed by atoms with Crippen molar-refractivity contribution in [3.05, 3.63) is 82.9 Å². The molecule has 1 unspecified atom stereocenters. The number of nitrogens with zero attached hydrogens (tertiary/aromatic N) is 1. The van der Waals surface area contributed by atoms with Crippen molar-refractivity contribution in [2.75, 3.05) is 26.9 Å². The van der Waals surface area contributed by atoms with Gasteiger partial charge in [-0.1, -0.05) is 36.4 Å². The summed E-state index contributed by atoms with van der Waals surface area (Å²) in [5.74, 6) is -1.13. The van der Waals surface area contributed by atoms with Gasteiger partial charge in [-0.2, -0.15) is 0 Å². The van der Waals surface area contributed by atoms with Crippen molar-refractivity contribution in [1.29, 1.82) is 0 Å². The normalized spacial score (nSPS) is 17.9. The number of hydrogen-bond acceptors (Lipinski definition) is 5. The highest BCUT2D eigenvalue weighted by atomic mass is 35.5. The Labute approximate surface area is 180 Å². The summed E-state index contributed by atoms with van der Waals surface area (Å²) in [6.07, 6.45) is 1.62. The smallest absolute Gasteiger partial charge is 0.295 e. The molecule has 30 heavy (non-hydrogen) atoms. The maximum Gasteiger partial charge on any atom is 0.295 e. The summed E-state index contributed by atoms with van der Waals surface area (Å²) < 4.78 is 10.7. The quantitative estimate of drug-likeness (QED) is 0.298. The summed E-state index contributed by atoms with van der Waals surface area (Å²) in [6, 6.07) is 12.7. The summed E-state index contributed by atoms with van der Waals surface area (Å²) in [5.41, 5.74) is 1.05. The number of amides is 1. The number of carbonyl (C=O) groups excluding carboxylic acids is 2. The molecule has 3 rings (SSSR count). The monoisotopic (exact) mass is 427 g/mol. The first-order valence-corrected chi connectivity index (χ1v) is 9.72. The molecule has 1 fully saturated rings. The lowest BCUT2D eigenvalue weighted by atomic mass is 9.95. The zero-order valence-corrected chi connectivity index (χ0v) is 17.3. The van der Waals surface area contributed by atoms with Crippen LogP contribution in [0.15, 0.2) is 66.8 Å². The van der Waals surface area contributed by atoms with Gasteiger partial charge in [-0.05, 0) is 42.0 Å². The zero-order valence-electron chi connectivity index (χ0n) is 16.5. The van der Waals surface area contributed by atoms with Crippen molar-refractivity contribution in [3.63, 3.8) is 0 Å². The van der Waals surface area contributed by atoms with E-state index in [9.17, 15) is 14.7 Å². The van der Waals surface area contributed by atoms with E-state index in [1.54, 1.807) is 54.6 Å². The molecule has 1 amide bonds. The third kappa shape index (κ3) is 4.40. The van der Waals surface area contributed by atoms with Gasteiger partial charge in [0.25, 0.3) is 11.7 Å². The molecule has 0 aliphatic carbocycles. The SMILES string of the molecule is C=CCOc1cccc(C2/C(=C(/O)c3ccc(Cl)cc3)C(=O)C(=O)N2CCOC)c1. The van der Waals surface area contributed by atoms with Crippen molar-refractivity contribution in [2.45, 2.75) is 6.04 Å². The maximum atomic E-state index is 12.9. The van der Waals surface area contributed by atoms with Crippen LogP contribution in [0.4, 0.5) is 0 Å². The van der Waals surface area contributed by atoms with Gasteiger partial charge in [0.1, 0.15) is 18.1 Å². The lowest BCUT2D eigenvalue weighted by molar-refractivity contribution is -0.140. The Hall–Kier alpha value is -3.09. The van der Waals surface area contributed by atoms with E-state index >= 15 is 0 Å². The average molecular weight is 428 g/mol. The highest BCUT2D eigenvalue weighted by Crippen LogP contribution is 2.40. The minimum Gasteiger partial charge on any atom is -0.507 e. The summed E-state index contributed by atoms with van der Waals surface area (Å²) in [4.78, 5) is 27.0. The molecule has 1 aliphatic heterocycles. The van der Waals surface area contributed by atoms with E-state index in [1.165, 1.54) is 12.0 Å². The molecular weight excluding hydrogens is 406 g/mol. The van der Waals surface area contributed by atoms with E-state index in [-0.39, 0.29) is 24.5 Å². The van der Waals surface area contributed by atoms with Gasteiger partial charge in [-0.15, -0.1) is 0 Å². The van der Waals surface area contributed by atoms with Crippen molar-refractivity contribution >= 4 is 29.1 Å². The zero-order chi connectivity index (χ0) is 21.7. The fourth-order valence-electron chi connectivity index (χ4n) is 3.34. The first-order valence-electron chi connectivity index (χ1n) is 9.35. The molecule has 0 bridgehead atoms. The number of ketones is 1. The third-order valence-electron chi connectivity index (χ3n) is 4.74. The minimum absolute atomic E-state index is 0.0132. The van der Waals surface area contributed by atoms with Crippen LogP contribution in [0.25, 0.3) is 5.76 Å². The molecule has 2 aromatic carbocycles. The number of Topliss-reactive ketones (excluding diaryl/α,β-unsaturated/α-hetero) is 1. The molecule has 156 valence electrons. The van der Waals surface area contributed by atoms with Crippen LogP contribution in [0, 0.1) is 0 Å². The van der Waals surface area contributed by atoms with Crippen LogP contribution >= 0.6 is 11.6 Å². The number of carbonyl (C=O) groups is 2. The Kier molecular flexibility index (Phi) is 6.92. The number of benzene rings is 2. The molecule has 1 atom stereocenters. The lowest BCUT2D eigenvalue weighted by Crippen LogP contribution is -2.32. The van der Waals surface area contributed by atoms with Gasteiger partial charge in [0.2, 0.25) is 0 Å². The molecule has 0 aromatic heterocycles. The van der Waals surface area contributed by atoms with Crippen molar-refractivity contribution in [3.8, 4) is 5.75 Å². The van der Waals surface area contributed by atoms with Gasteiger partial charge >= 0.3 is 0 Å². The molecular formula is C23H22ClNO5.